The first kappa shape index (κ1) is 22.5. The molecule has 1 heterocycles. The summed E-state index contributed by atoms with van der Waals surface area (Å²) in [5, 5.41) is 0. The highest BCUT2D eigenvalue weighted by Gasteiger charge is 2.36. The molecule has 2 N–H and O–H groups in total. The lowest BCUT2D eigenvalue weighted by Crippen LogP contribution is -2.43. The van der Waals surface area contributed by atoms with Gasteiger partial charge in [-0.05, 0) is 36.4 Å². The van der Waals surface area contributed by atoms with Crippen molar-refractivity contribution in [1.82, 2.24) is 10.9 Å². The number of nitrogens with zero attached hydrogens (tertiary/aromatic N) is 1. The van der Waals surface area contributed by atoms with Crippen LogP contribution in [-0.2, 0) is 23.9 Å². The van der Waals surface area contributed by atoms with Gasteiger partial charge in [-0.1, -0.05) is 18.2 Å². The van der Waals surface area contributed by atoms with Crippen LogP contribution in [0.2, 0.25) is 0 Å². The van der Waals surface area contributed by atoms with Crippen molar-refractivity contribution >= 4 is 35.3 Å². The second kappa shape index (κ2) is 10.2. The van der Waals surface area contributed by atoms with E-state index in [1.807, 2.05) is 0 Å². The van der Waals surface area contributed by atoms with E-state index in [1.54, 1.807) is 42.5 Å². The molecule has 3 rings (SSSR count). The number of carbonyl (C=O) groups is 5. The maximum atomic E-state index is 12.3. The number of esters is 2. The molecule has 0 unspecified atom stereocenters. The lowest BCUT2D eigenvalue weighted by molar-refractivity contribution is -0.152. The Hall–Kier alpha value is -4.21. The largest absolute Gasteiger partial charge is 0.465 e. The monoisotopic (exact) mass is 439 g/mol. The van der Waals surface area contributed by atoms with Gasteiger partial charge in [0.05, 0.1) is 18.6 Å². The Kier molecular flexibility index (Phi) is 7.17. The van der Waals surface area contributed by atoms with Gasteiger partial charge in [-0.2, -0.15) is 0 Å². The Labute approximate surface area is 183 Å². The molecule has 1 atom stereocenters. The van der Waals surface area contributed by atoms with Crippen molar-refractivity contribution in [1.29, 1.82) is 0 Å². The minimum Gasteiger partial charge on any atom is -0.465 e. The molecule has 0 radical (unpaired) electrons. The highest BCUT2D eigenvalue weighted by molar-refractivity contribution is 6.00. The van der Waals surface area contributed by atoms with Crippen LogP contribution in [0, 0.1) is 5.92 Å². The SMILES string of the molecule is COC(=O)c1ccc(N2C[C@@H](C(=O)OCC(=O)NNC(=O)c3ccccc3)CC2=O)cc1. The van der Waals surface area contributed by atoms with Gasteiger partial charge in [-0.25, -0.2) is 4.79 Å². The Morgan fingerprint density at radius 3 is 2.31 bits per heavy atom. The molecule has 0 aliphatic carbocycles. The molecule has 1 fully saturated rings. The van der Waals surface area contributed by atoms with E-state index in [0.717, 1.165) is 0 Å². The highest BCUT2D eigenvalue weighted by Crippen LogP contribution is 2.26. The molecule has 32 heavy (non-hydrogen) atoms. The third-order valence-electron chi connectivity index (χ3n) is 4.76. The van der Waals surface area contributed by atoms with Crippen LogP contribution in [0.4, 0.5) is 5.69 Å². The van der Waals surface area contributed by atoms with Gasteiger partial charge in [0, 0.05) is 24.2 Å². The fourth-order valence-electron chi connectivity index (χ4n) is 3.09. The Bertz CT molecular complexity index is 1020. The number of ether oxygens (including phenoxy) is 2. The lowest BCUT2D eigenvalue weighted by atomic mass is 10.1. The van der Waals surface area contributed by atoms with Crippen LogP contribution in [-0.4, -0.2) is 49.9 Å². The predicted octanol–water partition coefficient (Wildman–Crippen LogP) is 0.831. The molecule has 0 bridgehead atoms. The van der Waals surface area contributed by atoms with E-state index in [0.29, 0.717) is 16.8 Å². The van der Waals surface area contributed by atoms with Crippen LogP contribution in [0.15, 0.2) is 54.6 Å². The van der Waals surface area contributed by atoms with Crippen molar-refractivity contribution in [2.24, 2.45) is 5.92 Å². The number of anilines is 1. The summed E-state index contributed by atoms with van der Waals surface area (Å²) in [5.74, 6) is -3.45. The first-order valence-corrected chi connectivity index (χ1v) is 9.68. The second-order valence-corrected chi connectivity index (χ2v) is 6.92. The van der Waals surface area contributed by atoms with Gasteiger partial charge < -0.3 is 14.4 Å². The molecule has 0 saturated carbocycles. The van der Waals surface area contributed by atoms with Crippen LogP contribution in [0.5, 0.6) is 0 Å². The van der Waals surface area contributed by atoms with E-state index >= 15 is 0 Å². The molecule has 1 aliphatic rings. The van der Waals surface area contributed by atoms with E-state index in [4.69, 9.17) is 4.74 Å². The number of carbonyl (C=O) groups excluding carboxylic acids is 5. The van der Waals surface area contributed by atoms with Crippen LogP contribution >= 0.6 is 0 Å². The van der Waals surface area contributed by atoms with E-state index < -0.39 is 36.3 Å². The third-order valence-corrected chi connectivity index (χ3v) is 4.76. The van der Waals surface area contributed by atoms with E-state index in [9.17, 15) is 24.0 Å². The fourth-order valence-corrected chi connectivity index (χ4v) is 3.09. The molecule has 2 aromatic rings. The number of benzene rings is 2. The molecule has 2 aromatic carbocycles. The van der Waals surface area contributed by atoms with Crippen LogP contribution in [0.1, 0.15) is 27.1 Å². The molecular formula is C22H21N3O7. The van der Waals surface area contributed by atoms with Gasteiger partial charge in [0.1, 0.15) is 0 Å². The quantitative estimate of drug-likeness (QED) is 0.503. The molecule has 10 nitrogen and oxygen atoms in total. The number of hydrogen-bond donors (Lipinski definition) is 2. The molecule has 0 spiro atoms. The summed E-state index contributed by atoms with van der Waals surface area (Å²) in [6.45, 7) is -0.520. The zero-order valence-electron chi connectivity index (χ0n) is 17.2. The number of hydrogen-bond acceptors (Lipinski definition) is 7. The molecule has 166 valence electrons. The zero-order chi connectivity index (χ0) is 23.1. The van der Waals surface area contributed by atoms with Gasteiger partial charge in [-0.15, -0.1) is 0 Å². The average Bonchev–Trinajstić information content (AvgIpc) is 3.22. The number of methoxy groups -OCH3 is 1. The highest BCUT2D eigenvalue weighted by atomic mass is 16.5. The molecular weight excluding hydrogens is 418 g/mol. The van der Waals surface area contributed by atoms with Gasteiger partial charge in [-0.3, -0.25) is 30.0 Å². The summed E-state index contributed by atoms with van der Waals surface area (Å²) in [6, 6.07) is 14.5. The van der Waals surface area contributed by atoms with Crippen molar-refractivity contribution in [2.45, 2.75) is 6.42 Å². The third kappa shape index (κ3) is 5.48. The fraction of sp³-hybridized carbons (Fsp3) is 0.227. The summed E-state index contributed by atoms with van der Waals surface area (Å²) >= 11 is 0. The topological polar surface area (TPSA) is 131 Å². The van der Waals surface area contributed by atoms with Crippen molar-refractivity contribution in [3.8, 4) is 0 Å². The summed E-state index contributed by atoms with van der Waals surface area (Å²) in [6.07, 6.45) is -0.0655. The van der Waals surface area contributed by atoms with Crippen LogP contribution in [0.3, 0.4) is 0 Å². The van der Waals surface area contributed by atoms with E-state index in [-0.39, 0.29) is 18.9 Å². The molecule has 0 aromatic heterocycles. The van der Waals surface area contributed by atoms with Crippen molar-refractivity contribution < 1.29 is 33.4 Å². The zero-order valence-corrected chi connectivity index (χ0v) is 17.2. The first-order valence-electron chi connectivity index (χ1n) is 9.68. The summed E-state index contributed by atoms with van der Waals surface area (Å²) in [4.78, 5) is 61.2. The number of nitrogens with one attached hydrogen (secondary N) is 2. The van der Waals surface area contributed by atoms with Gasteiger partial charge in [0.15, 0.2) is 6.61 Å². The van der Waals surface area contributed by atoms with Gasteiger partial charge in [0.2, 0.25) is 5.91 Å². The van der Waals surface area contributed by atoms with Gasteiger partial charge in [0.25, 0.3) is 11.8 Å². The van der Waals surface area contributed by atoms with E-state index in [2.05, 4.69) is 15.6 Å². The average molecular weight is 439 g/mol. The van der Waals surface area contributed by atoms with Crippen LogP contribution < -0.4 is 15.8 Å². The van der Waals surface area contributed by atoms with Gasteiger partial charge >= 0.3 is 11.9 Å². The number of rotatable bonds is 6. The normalized spacial score (nSPS) is 15.1. The molecule has 10 heteroatoms. The molecule has 1 aliphatic heterocycles. The standard InChI is InChI=1S/C22H21N3O7/c1-31-21(29)15-7-9-17(10-8-15)25-12-16(11-19(25)27)22(30)32-13-18(26)23-24-20(28)14-5-3-2-4-6-14/h2-10,16H,11-13H2,1H3,(H,23,26)(H,24,28)/t16-/m0/s1. The minimum absolute atomic E-state index is 0.0655. The summed E-state index contributed by atoms with van der Waals surface area (Å²) in [5.41, 5.74) is 5.60. The first-order chi connectivity index (χ1) is 15.4. The minimum atomic E-state index is -0.741. The summed E-state index contributed by atoms with van der Waals surface area (Å²) in [7, 11) is 1.27. The number of amides is 3. The maximum Gasteiger partial charge on any atom is 0.337 e. The molecule has 3 amide bonds. The Morgan fingerprint density at radius 1 is 0.969 bits per heavy atom. The Morgan fingerprint density at radius 2 is 1.66 bits per heavy atom. The summed E-state index contributed by atoms with van der Waals surface area (Å²) < 4.78 is 9.61. The van der Waals surface area contributed by atoms with Crippen molar-refractivity contribution in [3.05, 3.63) is 65.7 Å². The smallest absolute Gasteiger partial charge is 0.337 e. The van der Waals surface area contributed by atoms with Crippen molar-refractivity contribution in [3.63, 3.8) is 0 Å². The van der Waals surface area contributed by atoms with Crippen LogP contribution in [0.25, 0.3) is 0 Å². The number of hydrazine groups is 1. The van der Waals surface area contributed by atoms with E-state index in [1.165, 1.54) is 24.1 Å². The lowest BCUT2D eigenvalue weighted by Gasteiger charge is -2.16. The maximum absolute atomic E-state index is 12.3. The second-order valence-electron chi connectivity index (χ2n) is 6.92. The Balaban J connectivity index is 1.46. The van der Waals surface area contributed by atoms with Crippen molar-refractivity contribution in [2.75, 3.05) is 25.2 Å². The molecule has 1 saturated heterocycles. The predicted molar refractivity (Wildman–Crippen MR) is 111 cm³/mol.